The molecule has 0 aliphatic carbocycles. The fraction of sp³-hybridized carbons (Fsp3) is 0.467. The SMILES string of the molecule is C[C@@H](NC(=O)CC1=NCCN1)c1ccc2c(c1)OCCO2. The van der Waals surface area contributed by atoms with Gasteiger partial charge >= 0.3 is 0 Å². The normalized spacial score (nSPS) is 17.7. The molecule has 0 unspecified atom stereocenters. The van der Waals surface area contributed by atoms with Gasteiger partial charge in [0.1, 0.15) is 19.0 Å². The maximum absolute atomic E-state index is 12.0. The Morgan fingerprint density at radius 3 is 2.95 bits per heavy atom. The predicted octanol–water partition coefficient (Wildman–Crippen LogP) is 1.03. The van der Waals surface area contributed by atoms with E-state index in [1.54, 1.807) is 0 Å². The van der Waals surface area contributed by atoms with Crippen LogP contribution < -0.4 is 20.1 Å². The smallest absolute Gasteiger partial charge is 0.228 e. The van der Waals surface area contributed by atoms with Crippen LogP contribution in [0.4, 0.5) is 0 Å². The van der Waals surface area contributed by atoms with Crippen molar-refractivity contribution < 1.29 is 14.3 Å². The average molecular weight is 289 g/mol. The quantitative estimate of drug-likeness (QED) is 0.868. The standard InChI is InChI=1S/C15H19N3O3/c1-10(18-15(19)9-14-16-4-5-17-14)11-2-3-12-13(8-11)21-7-6-20-12/h2-3,8,10H,4-7,9H2,1H3,(H,16,17)(H,18,19)/t10-/m1/s1. The topological polar surface area (TPSA) is 72.0 Å². The van der Waals surface area contributed by atoms with E-state index in [9.17, 15) is 4.79 Å². The summed E-state index contributed by atoms with van der Waals surface area (Å²) in [4.78, 5) is 16.2. The molecule has 0 bridgehead atoms. The van der Waals surface area contributed by atoms with Crippen molar-refractivity contribution in [1.82, 2.24) is 10.6 Å². The van der Waals surface area contributed by atoms with Crippen LogP contribution in [-0.4, -0.2) is 38.0 Å². The monoisotopic (exact) mass is 289 g/mol. The van der Waals surface area contributed by atoms with Crippen LogP contribution in [-0.2, 0) is 4.79 Å². The van der Waals surface area contributed by atoms with E-state index in [-0.39, 0.29) is 11.9 Å². The van der Waals surface area contributed by atoms with Crippen molar-refractivity contribution in [2.75, 3.05) is 26.3 Å². The molecule has 0 saturated heterocycles. The largest absolute Gasteiger partial charge is 0.486 e. The first kappa shape index (κ1) is 13.7. The molecule has 2 heterocycles. The van der Waals surface area contributed by atoms with Gasteiger partial charge in [-0.2, -0.15) is 0 Å². The van der Waals surface area contributed by atoms with Crippen LogP contribution in [0.25, 0.3) is 0 Å². The fourth-order valence-corrected chi connectivity index (χ4v) is 2.42. The second-order valence-corrected chi connectivity index (χ2v) is 5.12. The number of nitrogens with one attached hydrogen (secondary N) is 2. The second kappa shape index (κ2) is 6.03. The molecule has 0 aromatic heterocycles. The highest BCUT2D eigenvalue weighted by Gasteiger charge is 2.17. The molecule has 0 spiro atoms. The zero-order chi connectivity index (χ0) is 14.7. The van der Waals surface area contributed by atoms with Gasteiger partial charge < -0.3 is 20.1 Å². The Morgan fingerprint density at radius 2 is 2.19 bits per heavy atom. The van der Waals surface area contributed by atoms with Gasteiger partial charge in [0, 0.05) is 6.54 Å². The molecule has 6 nitrogen and oxygen atoms in total. The fourth-order valence-electron chi connectivity index (χ4n) is 2.42. The maximum atomic E-state index is 12.0. The first-order valence-corrected chi connectivity index (χ1v) is 7.18. The van der Waals surface area contributed by atoms with Crippen LogP contribution in [0.3, 0.4) is 0 Å². The number of hydrogen-bond acceptors (Lipinski definition) is 5. The van der Waals surface area contributed by atoms with Gasteiger partial charge in [0.2, 0.25) is 5.91 Å². The minimum absolute atomic E-state index is 0.0365. The van der Waals surface area contributed by atoms with Crippen molar-refractivity contribution in [3.05, 3.63) is 23.8 Å². The number of amides is 1. The van der Waals surface area contributed by atoms with E-state index < -0.39 is 0 Å². The highest BCUT2D eigenvalue weighted by molar-refractivity contribution is 6.00. The summed E-state index contributed by atoms with van der Waals surface area (Å²) in [7, 11) is 0. The number of carbonyl (C=O) groups excluding carboxylic acids is 1. The molecule has 0 radical (unpaired) electrons. The molecule has 3 rings (SSSR count). The molecule has 6 heteroatoms. The number of rotatable bonds is 4. The molecule has 1 aromatic rings. The lowest BCUT2D eigenvalue weighted by atomic mass is 10.1. The number of carbonyl (C=O) groups is 1. The van der Waals surface area contributed by atoms with Crippen LogP contribution in [0, 0.1) is 0 Å². The van der Waals surface area contributed by atoms with E-state index in [0.717, 1.165) is 36.0 Å². The summed E-state index contributed by atoms with van der Waals surface area (Å²) in [5, 5.41) is 6.07. The van der Waals surface area contributed by atoms with Crippen molar-refractivity contribution in [1.29, 1.82) is 0 Å². The number of fused-ring (bicyclic) bond motifs is 1. The number of hydrogen-bond donors (Lipinski definition) is 2. The Hall–Kier alpha value is -2.24. The van der Waals surface area contributed by atoms with E-state index in [1.807, 2.05) is 25.1 Å². The minimum Gasteiger partial charge on any atom is -0.486 e. The van der Waals surface area contributed by atoms with E-state index in [2.05, 4.69) is 15.6 Å². The van der Waals surface area contributed by atoms with Crippen LogP contribution in [0.1, 0.15) is 24.9 Å². The van der Waals surface area contributed by atoms with Gasteiger partial charge in [-0.1, -0.05) is 6.07 Å². The molecule has 2 aliphatic heterocycles. The molecular weight excluding hydrogens is 270 g/mol. The third-order valence-electron chi connectivity index (χ3n) is 3.52. The zero-order valence-electron chi connectivity index (χ0n) is 12.0. The third kappa shape index (κ3) is 3.26. The number of aliphatic imine (C=N–C) groups is 1. The molecule has 2 N–H and O–H groups in total. The van der Waals surface area contributed by atoms with Gasteiger partial charge in [0.05, 0.1) is 19.0 Å². The van der Waals surface area contributed by atoms with Crippen LogP contribution in [0.2, 0.25) is 0 Å². The van der Waals surface area contributed by atoms with Crippen molar-refractivity contribution in [3.8, 4) is 11.5 Å². The van der Waals surface area contributed by atoms with E-state index in [4.69, 9.17) is 9.47 Å². The van der Waals surface area contributed by atoms with Gasteiger partial charge in [0.25, 0.3) is 0 Å². The first-order chi connectivity index (χ1) is 10.2. The molecule has 1 aromatic carbocycles. The lowest BCUT2D eigenvalue weighted by Gasteiger charge is -2.21. The Morgan fingerprint density at radius 1 is 1.38 bits per heavy atom. The summed E-state index contributed by atoms with van der Waals surface area (Å²) in [6.07, 6.45) is 0.300. The highest BCUT2D eigenvalue weighted by atomic mass is 16.6. The van der Waals surface area contributed by atoms with Crippen molar-refractivity contribution in [2.24, 2.45) is 4.99 Å². The summed E-state index contributed by atoms with van der Waals surface area (Å²) in [5.41, 5.74) is 0.994. The lowest BCUT2D eigenvalue weighted by Crippen LogP contribution is -2.31. The Balaban J connectivity index is 1.62. The van der Waals surface area contributed by atoms with Crippen molar-refractivity contribution in [3.63, 3.8) is 0 Å². The van der Waals surface area contributed by atoms with Crippen LogP contribution >= 0.6 is 0 Å². The summed E-state index contributed by atoms with van der Waals surface area (Å²) in [6.45, 7) is 4.66. The average Bonchev–Trinajstić information content (AvgIpc) is 2.99. The Bertz CT molecular complexity index is 571. The van der Waals surface area contributed by atoms with Gasteiger partial charge in [-0.25, -0.2) is 0 Å². The molecule has 2 aliphatic rings. The summed E-state index contributed by atoms with van der Waals surface area (Å²) in [5.74, 6) is 2.22. The summed E-state index contributed by atoms with van der Waals surface area (Å²) >= 11 is 0. The van der Waals surface area contributed by atoms with Crippen molar-refractivity contribution in [2.45, 2.75) is 19.4 Å². The Kier molecular flexibility index (Phi) is 3.94. The highest BCUT2D eigenvalue weighted by Crippen LogP contribution is 2.32. The summed E-state index contributed by atoms with van der Waals surface area (Å²) < 4.78 is 11.1. The molecule has 1 atom stereocenters. The Labute approximate surface area is 123 Å². The number of nitrogens with zero attached hydrogens (tertiary/aromatic N) is 1. The van der Waals surface area contributed by atoms with Gasteiger partial charge in [0.15, 0.2) is 11.5 Å². The lowest BCUT2D eigenvalue weighted by molar-refractivity contribution is -0.120. The van der Waals surface area contributed by atoms with Crippen molar-refractivity contribution >= 4 is 11.7 Å². The van der Waals surface area contributed by atoms with Crippen LogP contribution in [0.15, 0.2) is 23.2 Å². The van der Waals surface area contributed by atoms with Gasteiger partial charge in [-0.3, -0.25) is 9.79 Å². The van der Waals surface area contributed by atoms with Gasteiger partial charge in [-0.15, -0.1) is 0 Å². The van der Waals surface area contributed by atoms with E-state index in [1.165, 1.54) is 0 Å². The van der Waals surface area contributed by atoms with Crippen LogP contribution in [0.5, 0.6) is 11.5 Å². The summed E-state index contributed by atoms with van der Waals surface area (Å²) in [6, 6.07) is 5.67. The number of benzene rings is 1. The van der Waals surface area contributed by atoms with E-state index in [0.29, 0.717) is 19.6 Å². The molecule has 112 valence electrons. The minimum atomic E-state index is -0.0877. The maximum Gasteiger partial charge on any atom is 0.228 e. The molecule has 1 amide bonds. The predicted molar refractivity (Wildman–Crippen MR) is 78.9 cm³/mol. The molecule has 0 saturated carbocycles. The van der Waals surface area contributed by atoms with E-state index >= 15 is 0 Å². The first-order valence-electron chi connectivity index (χ1n) is 7.18. The number of ether oxygens (including phenoxy) is 2. The third-order valence-corrected chi connectivity index (χ3v) is 3.52. The van der Waals surface area contributed by atoms with Gasteiger partial charge in [-0.05, 0) is 24.6 Å². The molecular formula is C15H19N3O3. The molecule has 0 fully saturated rings. The molecule has 21 heavy (non-hydrogen) atoms. The zero-order valence-corrected chi connectivity index (χ0v) is 12.0. The number of amidine groups is 1. The second-order valence-electron chi connectivity index (χ2n) is 5.12.